The van der Waals surface area contributed by atoms with Crippen molar-refractivity contribution >= 4 is 15.7 Å². The molecule has 2 atom stereocenters. The zero-order valence-corrected chi connectivity index (χ0v) is 15.2. The topological polar surface area (TPSA) is 63.2 Å². The van der Waals surface area contributed by atoms with Gasteiger partial charge in [-0.3, -0.25) is 4.79 Å². The van der Waals surface area contributed by atoms with Gasteiger partial charge in [0.2, 0.25) is 5.91 Å². The van der Waals surface area contributed by atoms with Gasteiger partial charge in [0.05, 0.1) is 17.5 Å². The molecule has 0 saturated carbocycles. The molecule has 1 aromatic carbocycles. The SMILES string of the molecule is CC(NC(=O)CC1CCS(=O)(=O)C1)c1ccc(C(C)(C)C)cc1. The summed E-state index contributed by atoms with van der Waals surface area (Å²) in [5, 5.41) is 2.97. The lowest BCUT2D eigenvalue weighted by Crippen LogP contribution is -2.28. The summed E-state index contributed by atoms with van der Waals surface area (Å²) in [6, 6.07) is 8.22. The monoisotopic (exact) mass is 337 g/mol. The van der Waals surface area contributed by atoms with Gasteiger partial charge in [-0.2, -0.15) is 0 Å². The molecule has 2 rings (SSSR count). The van der Waals surface area contributed by atoms with Gasteiger partial charge in [-0.25, -0.2) is 8.42 Å². The summed E-state index contributed by atoms with van der Waals surface area (Å²) >= 11 is 0. The Balaban J connectivity index is 1.91. The molecular weight excluding hydrogens is 310 g/mol. The lowest BCUT2D eigenvalue weighted by atomic mass is 9.86. The summed E-state index contributed by atoms with van der Waals surface area (Å²) in [5.41, 5.74) is 2.43. The van der Waals surface area contributed by atoms with E-state index in [1.54, 1.807) is 0 Å². The number of benzene rings is 1. The Bertz CT molecular complexity index is 657. The van der Waals surface area contributed by atoms with E-state index in [-0.39, 0.29) is 34.8 Å². The molecule has 23 heavy (non-hydrogen) atoms. The van der Waals surface area contributed by atoms with E-state index >= 15 is 0 Å². The third-order valence-electron chi connectivity index (χ3n) is 4.46. The van der Waals surface area contributed by atoms with E-state index in [1.165, 1.54) is 5.56 Å². The molecule has 4 nitrogen and oxygen atoms in total. The van der Waals surface area contributed by atoms with Crippen molar-refractivity contribution in [3.8, 4) is 0 Å². The molecule has 1 aliphatic rings. The van der Waals surface area contributed by atoms with E-state index in [2.05, 4.69) is 38.2 Å². The molecule has 0 spiro atoms. The van der Waals surface area contributed by atoms with Crippen molar-refractivity contribution in [2.45, 2.75) is 52.0 Å². The Kier molecular flexibility index (Phi) is 5.19. The summed E-state index contributed by atoms with van der Waals surface area (Å²) in [7, 11) is -2.92. The Morgan fingerprint density at radius 2 is 1.87 bits per heavy atom. The van der Waals surface area contributed by atoms with Crippen molar-refractivity contribution in [2.24, 2.45) is 5.92 Å². The highest BCUT2D eigenvalue weighted by Crippen LogP contribution is 2.25. The van der Waals surface area contributed by atoms with Crippen molar-refractivity contribution in [1.29, 1.82) is 0 Å². The highest BCUT2D eigenvalue weighted by molar-refractivity contribution is 7.91. The summed E-state index contributed by atoms with van der Waals surface area (Å²) in [4.78, 5) is 12.1. The standard InChI is InChI=1S/C18H27NO3S/c1-13(15-5-7-16(8-6-15)18(2,3)4)19-17(20)11-14-9-10-23(21,22)12-14/h5-8,13-14H,9-12H2,1-4H3,(H,19,20). The number of nitrogens with one attached hydrogen (secondary N) is 1. The van der Waals surface area contributed by atoms with Gasteiger partial charge in [0.15, 0.2) is 9.84 Å². The predicted octanol–water partition coefficient (Wildman–Crippen LogP) is 2.99. The molecule has 1 amide bonds. The fourth-order valence-electron chi connectivity index (χ4n) is 2.95. The maximum atomic E-state index is 12.1. The van der Waals surface area contributed by atoms with Crippen molar-refractivity contribution in [3.63, 3.8) is 0 Å². The second-order valence-electron chi connectivity index (χ2n) is 7.63. The van der Waals surface area contributed by atoms with E-state index in [9.17, 15) is 13.2 Å². The maximum absolute atomic E-state index is 12.1. The molecule has 1 aliphatic heterocycles. The summed E-state index contributed by atoms with van der Waals surface area (Å²) in [5.74, 6) is 0.263. The Labute approximate surface area is 139 Å². The minimum Gasteiger partial charge on any atom is -0.350 e. The molecule has 5 heteroatoms. The fraction of sp³-hybridized carbons (Fsp3) is 0.611. The van der Waals surface area contributed by atoms with Crippen molar-refractivity contribution in [3.05, 3.63) is 35.4 Å². The number of amides is 1. The largest absolute Gasteiger partial charge is 0.350 e. The summed E-state index contributed by atoms with van der Waals surface area (Å²) in [6.07, 6.45) is 0.897. The molecule has 2 unspecified atom stereocenters. The van der Waals surface area contributed by atoms with Crippen molar-refractivity contribution < 1.29 is 13.2 Å². The molecule has 1 aromatic rings. The highest BCUT2D eigenvalue weighted by Gasteiger charge is 2.29. The maximum Gasteiger partial charge on any atom is 0.220 e. The number of carbonyl (C=O) groups is 1. The van der Waals surface area contributed by atoms with Crippen LogP contribution in [-0.4, -0.2) is 25.8 Å². The van der Waals surface area contributed by atoms with Gasteiger partial charge in [0.25, 0.3) is 0 Å². The highest BCUT2D eigenvalue weighted by atomic mass is 32.2. The second-order valence-corrected chi connectivity index (χ2v) is 9.86. The van der Waals surface area contributed by atoms with E-state index in [0.29, 0.717) is 12.8 Å². The smallest absolute Gasteiger partial charge is 0.220 e. The van der Waals surface area contributed by atoms with Crippen LogP contribution >= 0.6 is 0 Å². The first-order valence-electron chi connectivity index (χ1n) is 8.17. The van der Waals surface area contributed by atoms with Crippen LogP contribution < -0.4 is 5.32 Å². The number of carbonyl (C=O) groups excluding carboxylic acids is 1. The van der Waals surface area contributed by atoms with Gasteiger partial charge in [-0.1, -0.05) is 45.0 Å². The first-order valence-corrected chi connectivity index (χ1v) is 9.99. The van der Waals surface area contributed by atoms with Crippen LogP contribution in [-0.2, 0) is 20.0 Å². The molecule has 0 radical (unpaired) electrons. The van der Waals surface area contributed by atoms with Crippen LogP contribution in [0.3, 0.4) is 0 Å². The van der Waals surface area contributed by atoms with E-state index < -0.39 is 9.84 Å². The van der Waals surface area contributed by atoms with Crippen LogP contribution in [0.5, 0.6) is 0 Å². The summed E-state index contributed by atoms with van der Waals surface area (Å²) in [6.45, 7) is 8.46. The predicted molar refractivity (Wildman–Crippen MR) is 93.1 cm³/mol. The number of hydrogen-bond donors (Lipinski definition) is 1. The van der Waals surface area contributed by atoms with Crippen molar-refractivity contribution in [1.82, 2.24) is 5.32 Å². The molecule has 0 aliphatic carbocycles. The molecule has 0 bridgehead atoms. The Hall–Kier alpha value is -1.36. The number of sulfone groups is 1. The van der Waals surface area contributed by atoms with Gasteiger partial charge in [0.1, 0.15) is 0 Å². The van der Waals surface area contributed by atoms with Crippen LogP contribution in [0, 0.1) is 5.92 Å². The first kappa shape index (κ1) is 18.0. The third-order valence-corrected chi connectivity index (χ3v) is 6.29. The normalized spacial score (nSPS) is 21.8. The van der Waals surface area contributed by atoms with Crippen LogP contribution in [0.1, 0.15) is 57.7 Å². The molecular formula is C18H27NO3S. The lowest BCUT2D eigenvalue weighted by molar-refractivity contribution is -0.122. The molecule has 0 aromatic heterocycles. The molecule has 1 saturated heterocycles. The fourth-order valence-corrected chi connectivity index (χ4v) is 4.81. The number of hydrogen-bond acceptors (Lipinski definition) is 3. The average Bonchev–Trinajstić information content (AvgIpc) is 2.76. The van der Waals surface area contributed by atoms with Gasteiger partial charge in [0, 0.05) is 6.42 Å². The first-order chi connectivity index (χ1) is 10.6. The zero-order chi connectivity index (χ0) is 17.3. The minimum atomic E-state index is -2.92. The third kappa shape index (κ3) is 5.06. The van der Waals surface area contributed by atoms with Crippen LogP contribution in [0.2, 0.25) is 0 Å². The Morgan fingerprint density at radius 3 is 2.35 bits per heavy atom. The van der Waals surface area contributed by atoms with Crippen molar-refractivity contribution in [2.75, 3.05) is 11.5 Å². The molecule has 1 fully saturated rings. The van der Waals surface area contributed by atoms with Crippen LogP contribution in [0.15, 0.2) is 24.3 Å². The van der Waals surface area contributed by atoms with Gasteiger partial charge >= 0.3 is 0 Å². The minimum absolute atomic E-state index is 0.0320. The van der Waals surface area contributed by atoms with Gasteiger partial charge < -0.3 is 5.32 Å². The number of rotatable bonds is 4. The molecule has 1 heterocycles. The zero-order valence-electron chi connectivity index (χ0n) is 14.4. The molecule has 128 valence electrons. The van der Waals surface area contributed by atoms with E-state index in [4.69, 9.17) is 0 Å². The second kappa shape index (κ2) is 6.63. The van der Waals surface area contributed by atoms with Crippen LogP contribution in [0.25, 0.3) is 0 Å². The lowest BCUT2D eigenvalue weighted by Gasteiger charge is -2.21. The quantitative estimate of drug-likeness (QED) is 0.918. The molecule has 1 N–H and O–H groups in total. The van der Waals surface area contributed by atoms with E-state index in [0.717, 1.165) is 5.56 Å². The van der Waals surface area contributed by atoms with Gasteiger partial charge in [-0.05, 0) is 35.8 Å². The average molecular weight is 337 g/mol. The van der Waals surface area contributed by atoms with E-state index in [1.807, 2.05) is 19.1 Å². The van der Waals surface area contributed by atoms with Gasteiger partial charge in [-0.15, -0.1) is 0 Å². The van der Waals surface area contributed by atoms with Crippen LogP contribution in [0.4, 0.5) is 0 Å². The Morgan fingerprint density at radius 1 is 1.26 bits per heavy atom. The summed E-state index contributed by atoms with van der Waals surface area (Å²) < 4.78 is 22.9.